The summed E-state index contributed by atoms with van der Waals surface area (Å²) in [6.45, 7) is 2.27. The van der Waals surface area contributed by atoms with Crippen molar-refractivity contribution in [2.75, 3.05) is 20.1 Å². The van der Waals surface area contributed by atoms with Crippen LogP contribution in [0.4, 0.5) is 0 Å². The van der Waals surface area contributed by atoms with E-state index in [0.717, 1.165) is 44.5 Å². The van der Waals surface area contributed by atoms with Crippen LogP contribution in [0.1, 0.15) is 44.1 Å². The van der Waals surface area contributed by atoms with Crippen LogP contribution in [0, 0.1) is 0 Å². The van der Waals surface area contributed by atoms with Gasteiger partial charge < -0.3 is 15.4 Å². The number of nitrogens with zero attached hydrogens (tertiary/aromatic N) is 1. The van der Waals surface area contributed by atoms with Crippen LogP contribution in [0.2, 0.25) is 0 Å². The molecule has 0 bridgehead atoms. The van der Waals surface area contributed by atoms with E-state index >= 15 is 0 Å². The van der Waals surface area contributed by atoms with Crippen LogP contribution in [0.25, 0.3) is 0 Å². The lowest BCUT2D eigenvalue weighted by molar-refractivity contribution is 0.114. The highest BCUT2D eigenvalue weighted by atomic mass is 16.5. The molecule has 0 amide bonds. The average Bonchev–Trinajstić information content (AvgIpc) is 2.90. The van der Waals surface area contributed by atoms with Crippen molar-refractivity contribution in [1.82, 2.24) is 4.90 Å². The molecule has 2 fully saturated rings. The zero-order valence-electron chi connectivity index (χ0n) is 12.5. The number of rotatable bonds is 3. The molecule has 0 spiro atoms. The fraction of sp³-hybridized carbons (Fsp3) is 0.647. The Kier molecular flexibility index (Phi) is 3.99. The topological polar surface area (TPSA) is 38.5 Å². The van der Waals surface area contributed by atoms with Gasteiger partial charge in [0, 0.05) is 18.6 Å². The summed E-state index contributed by atoms with van der Waals surface area (Å²) >= 11 is 0. The Morgan fingerprint density at radius 3 is 2.30 bits per heavy atom. The van der Waals surface area contributed by atoms with Gasteiger partial charge in [-0.25, -0.2) is 0 Å². The van der Waals surface area contributed by atoms with E-state index in [4.69, 9.17) is 10.5 Å². The molecule has 1 aromatic rings. The van der Waals surface area contributed by atoms with E-state index in [1.165, 1.54) is 18.4 Å². The van der Waals surface area contributed by atoms with Crippen molar-refractivity contribution >= 4 is 0 Å². The standard InChI is InChI=1S/C17H26N2O/c1-19-12-8-16(9-13-19)20-15-6-4-14(5-7-15)17(18)10-2-3-11-17/h4-7,16H,2-3,8-13,18H2,1H3. The van der Waals surface area contributed by atoms with E-state index in [0.29, 0.717) is 6.10 Å². The zero-order valence-corrected chi connectivity index (χ0v) is 12.5. The highest BCUT2D eigenvalue weighted by Crippen LogP contribution is 2.36. The second kappa shape index (κ2) is 5.74. The van der Waals surface area contributed by atoms with Crippen LogP contribution in [-0.4, -0.2) is 31.1 Å². The highest BCUT2D eigenvalue weighted by Gasteiger charge is 2.31. The van der Waals surface area contributed by atoms with E-state index < -0.39 is 0 Å². The first-order valence-corrected chi connectivity index (χ1v) is 7.90. The van der Waals surface area contributed by atoms with E-state index in [1.807, 2.05) is 0 Å². The monoisotopic (exact) mass is 274 g/mol. The lowest BCUT2D eigenvalue weighted by atomic mass is 9.89. The summed E-state index contributed by atoms with van der Waals surface area (Å²) in [7, 11) is 2.17. The molecule has 1 saturated carbocycles. The molecule has 3 rings (SSSR count). The summed E-state index contributed by atoms with van der Waals surface area (Å²) in [6.07, 6.45) is 7.35. The lowest BCUT2D eigenvalue weighted by Crippen LogP contribution is -2.35. The van der Waals surface area contributed by atoms with Gasteiger partial charge in [-0.3, -0.25) is 0 Å². The maximum atomic E-state index is 6.48. The normalized spacial score (nSPS) is 23.9. The number of hydrogen-bond donors (Lipinski definition) is 1. The van der Waals surface area contributed by atoms with Crippen molar-refractivity contribution in [1.29, 1.82) is 0 Å². The molecule has 0 atom stereocenters. The molecule has 0 radical (unpaired) electrons. The van der Waals surface area contributed by atoms with Crippen LogP contribution in [0.15, 0.2) is 24.3 Å². The molecule has 1 aromatic carbocycles. The number of likely N-dealkylation sites (tertiary alicyclic amines) is 1. The van der Waals surface area contributed by atoms with Gasteiger partial charge in [-0.15, -0.1) is 0 Å². The Morgan fingerprint density at radius 1 is 1.10 bits per heavy atom. The van der Waals surface area contributed by atoms with Gasteiger partial charge in [0.2, 0.25) is 0 Å². The number of nitrogens with two attached hydrogens (primary N) is 1. The van der Waals surface area contributed by atoms with Crippen LogP contribution in [-0.2, 0) is 5.54 Å². The molecule has 3 nitrogen and oxygen atoms in total. The minimum absolute atomic E-state index is 0.0912. The molecule has 1 saturated heterocycles. The molecule has 1 heterocycles. The van der Waals surface area contributed by atoms with Crippen molar-refractivity contribution in [2.24, 2.45) is 5.73 Å². The Hall–Kier alpha value is -1.06. The summed E-state index contributed by atoms with van der Waals surface area (Å²) in [5.41, 5.74) is 7.66. The van der Waals surface area contributed by atoms with Crippen LogP contribution in [0.5, 0.6) is 5.75 Å². The third-order valence-electron chi connectivity index (χ3n) is 4.89. The first-order chi connectivity index (χ1) is 9.66. The predicted octanol–water partition coefficient (Wildman–Crippen LogP) is 2.89. The molecular weight excluding hydrogens is 248 g/mol. The second-order valence-electron chi connectivity index (χ2n) is 6.51. The smallest absolute Gasteiger partial charge is 0.119 e. The predicted molar refractivity (Wildman–Crippen MR) is 81.9 cm³/mol. The molecule has 1 aliphatic carbocycles. The van der Waals surface area contributed by atoms with Crippen molar-refractivity contribution in [2.45, 2.75) is 50.2 Å². The second-order valence-corrected chi connectivity index (χ2v) is 6.51. The lowest BCUT2D eigenvalue weighted by Gasteiger charge is -2.29. The molecule has 0 aromatic heterocycles. The number of benzene rings is 1. The van der Waals surface area contributed by atoms with Crippen LogP contribution >= 0.6 is 0 Å². The van der Waals surface area contributed by atoms with Gasteiger partial charge in [0.15, 0.2) is 0 Å². The van der Waals surface area contributed by atoms with Gasteiger partial charge in [-0.1, -0.05) is 25.0 Å². The number of ether oxygens (including phenoxy) is 1. The van der Waals surface area contributed by atoms with Gasteiger partial charge in [-0.2, -0.15) is 0 Å². The van der Waals surface area contributed by atoms with Crippen molar-refractivity contribution in [3.05, 3.63) is 29.8 Å². The van der Waals surface area contributed by atoms with E-state index in [2.05, 4.69) is 36.2 Å². The average molecular weight is 274 g/mol. The molecule has 20 heavy (non-hydrogen) atoms. The molecule has 3 heteroatoms. The van der Waals surface area contributed by atoms with Crippen molar-refractivity contribution in [3.8, 4) is 5.75 Å². The van der Waals surface area contributed by atoms with E-state index in [9.17, 15) is 0 Å². The molecule has 110 valence electrons. The summed E-state index contributed by atoms with van der Waals surface area (Å²) in [5.74, 6) is 0.991. The maximum Gasteiger partial charge on any atom is 0.119 e. The third-order valence-corrected chi connectivity index (χ3v) is 4.89. The SMILES string of the molecule is CN1CCC(Oc2ccc(C3(N)CCCC3)cc2)CC1. The first-order valence-electron chi connectivity index (χ1n) is 7.90. The van der Waals surface area contributed by atoms with E-state index in [-0.39, 0.29) is 5.54 Å². The molecule has 2 N–H and O–H groups in total. The van der Waals surface area contributed by atoms with Gasteiger partial charge >= 0.3 is 0 Å². The fourth-order valence-corrected chi connectivity index (χ4v) is 3.46. The van der Waals surface area contributed by atoms with Gasteiger partial charge in [0.1, 0.15) is 11.9 Å². The number of piperidine rings is 1. The van der Waals surface area contributed by atoms with Crippen LogP contribution < -0.4 is 10.5 Å². The highest BCUT2D eigenvalue weighted by molar-refractivity contribution is 5.32. The Bertz CT molecular complexity index is 429. The first kappa shape index (κ1) is 13.9. The Morgan fingerprint density at radius 2 is 1.70 bits per heavy atom. The van der Waals surface area contributed by atoms with Gasteiger partial charge in [0.05, 0.1) is 0 Å². The summed E-state index contributed by atoms with van der Waals surface area (Å²) in [6, 6.07) is 8.52. The third kappa shape index (κ3) is 2.99. The molecular formula is C17H26N2O. The summed E-state index contributed by atoms with van der Waals surface area (Å²) in [5, 5.41) is 0. The minimum atomic E-state index is -0.0912. The zero-order chi connectivity index (χ0) is 14.0. The minimum Gasteiger partial charge on any atom is -0.490 e. The van der Waals surface area contributed by atoms with Crippen molar-refractivity contribution < 1.29 is 4.74 Å². The Labute approximate surface area is 122 Å². The number of hydrogen-bond acceptors (Lipinski definition) is 3. The maximum absolute atomic E-state index is 6.48. The van der Waals surface area contributed by atoms with Gasteiger partial charge in [-0.05, 0) is 50.4 Å². The molecule has 2 aliphatic rings. The summed E-state index contributed by atoms with van der Waals surface area (Å²) in [4.78, 5) is 2.36. The van der Waals surface area contributed by atoms with E-state index in [1.54, 1.807) is 0 Å². The Balaban J connectivity index is 1.61. The molecule has 1 aliphatic heterocycles. The van der Waals surface area contributed by atoms with Crippen molar-refractivity contribution in [3.63, 3.8) is 0 Å². The quantitative estimate of drug-likeness (QED) is 0.921. The largest absolute Gasteiger partial charge is 0.490 e. The van der Waals surface area contributed by atoms with Crippen LogP contribution in [0.3, 0.4) is 0 Å². The van der Waals surface area contributed by atoms with Gasteiger partial charge in [0.25, 0.3) is 0 Å². The fourth-order valence-electron chi connectivity index (χ4n) is 3.46. The summed E-state index contributed by atoms with van der Waals surface area (Å²) < 4.78 is 6.09. The molecule has 0 unspecified atom stereocenters.